The lowest BCUT2D eigenvalue weighted by Gasteiger charge is -2.34. The number of carbonyl (C=O) groups is 2. The third kappa shape index (κ3) is 5.62. The van der Waals surface area contributed by atoms with Crippen molar-refractivity contribution in [3.63, 3.8) is 0 Å². The van der Waals surface area contributed by atoms with Crippen molar-refractivity contribution in [3.05, 3.63) is 34.3 Å². The molecule has 0 bridgehead atoms. The first-order valence-corrected chi connectivity index (χ1v) is 8.62. The smallest absolute Gasteiger partial charge is 0.352 e. The predicted octanol–water partition coefficient (Wildman–Crippen LogP) is 3.35. The standard InChI is InChI=1S/C16H19BrF3N3O2/c17-12-5-3-10(4-6-12)13(22-15(21)25)8-14(24)23-7-1-2-11(9-23)16(18,19)20/h3-6,11,13H,1-2,7-9H2,(H3,21,22,25)/t11-,13-/m0/s1. The summed E-state index contributed by atoms with van der Waals surface area (Å²) in [5, 5.41) is 2.48. The van der Waals surface area contributed by atoms with Crippen LogP contribution < -0.4 is 11.1 Å². The van der Waals surface area contributed by atoms with Crippen molar-refractivity contribution in [1.29, 1.82) is 0 Å². The molecule has 1 aliphatic rings. The molecular weight excluding hydrogens is 403 g/mol. The second-order valence-electron chi connectivity index (χ2n) is 6.04. The van der Waals surface area contributed by atoms with Gasteiger partial charge in [0.25, 0.3) is 0 Å². The molecule has 3 N–H and O–H groups in total. The number of halogens is 4. The molecule has 1 aliphatic heterocycles. The van der Waals surface area contributed by atoms with Gasteiger partial charge in [0.2, 0.25) is 5.91 Å². The van der Waals surface area contributed by atoms with Crippen molar-refractivity contribution in [1.82, 2.24) is 10.2 Å². The second-order valence-corrected chi connectivity index (χ2v) is 6.95. The zero-order valence-corrected chi connectivity index (χ0v) is 14.9. The van der Waals surface area contributed by atoms with Gasteiger partial charge in [-0.3, -0.25) is 4.79 Å². The van der Waals surface area contributed by atoms with Crippen LogP contribution in [0, 0.1) is 5.92 Å². The molecule has 25 heavy (non-hydrogen) atoms. The van der Waals surface area contributed by atoms with Gasteiger partial charge in [-0.1, -0.05) is 28.1 Å². The summed E-state index contributed by atoms with van der Waals surface area (Å²) < 4.78 is 39.5. The summed E-state index contributed by atoms with van der Waals surface area (Å²) in [6, 6.07) is 5.43. The molecule has 0 unspecified atom stereocenters. The van der Waals surface area contributed by atoms with Gasteiger partial charge in [-0.25, -0.2) is 4.79 Å². The number of likely N-dealkylation sites (tertiary alicyclic amines) is 1. The van der Waals surface area contributed by atoms with Gasteiger partial charge in [0.05, 0.1) is 18.4 Å². The molecule has 1 saturated heterocycles. The van der Waals surface area contributed by atoms with Gasteiger partial charge in [-0.2, -0.15) is 13.2 Å². The summed E-state index contributed by atoms with van der Waals surface area (Å²) >= 11 is 3.29. The van der Waals surface area contributed by atoms with Crippen LogP contribution in [-0.2, 0) is 4.79 Å². The Kier molecular flexibility index (Phi) is 6.31. The zero-order chi connectivity index (χ0) is 18.6. The number of nitrogens with two attached hydrogens (primary N) is 1. The average molecular weight is 422 g/mol. The van der Waals surface area contributed by atoms with Crippen molar-refractivity contribution in [3.8, 4) is 0 Å². The fourth-order valence-corrected chi connectivity index (χ4v) is 3.16. The Labute approximate surface area is 151 Å². The summed E-state index contributed by atoms with van der Waals surface area (Å²) in [4.78, 5) is 24.9. The van der Waals surface area contributed by atoms with Crippen LogP contribution in [0.5, 0.6) is 0 Å². The van der Waals surface area contributed by atoms with Gasteiger partial charge >= 0.3 is 12.2 Å². The van der Waals surface area contributed by atoms with E-state index >= 15 is 0 Å². The molecule has 0 radical (unpaired) electrons. The van der Waals surface area contributed by atoms with E-state index in [0.717, 1.165) is 4.47 Å². The van der Waals surface area contributed by atoms with Crippen molar-refractivity contribution in [2.45, 2.75) is 31.5 Å². The lowest BCUT2D eigenvalue weighted by molar-refractivity contribution is -0.188. The van der Waals surface area contributed by atoms with E-state index in [-0.39, 0.29) is 25.9 Å². The molecule has 2 rings (SSSR count). The molecular formula is C16H19BrF3N3O2. The molecule has 9 heteroatoms. The molecule has 0 aromatic heterocycles. The maximum Gasteiger partial charge on any atom is 0.393 e. The normalized spacial score (nSPS) is 19.4. The molecule has 3 amide bonds. The van der Waals surface area contributed by atoms with Crippen molar-refractivity contribution < 1.29 is 22.8 Å². The van der Waals surface area contributed by atoms with Crippen LogP contribution >= 0.6 is 15.9 Å². The first-order valence-electron chi connectivity index (χ1n) is 7.82. The number of carbonyl (C=O) groups excluding carboxylic acids is 2. The second kappa shape index (κ2) is 8.07. The summed E-state index contributed by atoms with van der Waals surface area (Å²) in [6.07, 6.45) is -4.12. The van der Waals surface area contributed by atoms with Gasteiger partial charge in [0.15, 0.2) is 0 Å². The number of amides is 3. The molecule has 0 aliphatic carbocycles. The predicted molar refractivity (Wildman–Crippen MR) is 89.6 cm³/mol. The Hall–Kier alpha value is -1.77. The SMILES string of the molecule is NC(=O)N[C@@H](CC(=O)N1CCC[C@H](C(F)(F)F)C1)c1ccc(Br)cc1. The van der Waals surface area contributed by atoms with Crippen molar-refractivity contribution in [2.75, 3.05) is 13.1 Å². The quantitative estimate of drug-likeness (QED) is 0.781. The fourth-order valence-electron chi connectivity index (χ4n) is 2.89. The first kappa shape index (κ1) is 19.6. The summed E-state index contributed by atoms with van der Waals surface area (Å²) in [5.74, 6) is -1.93. The largest absolute Gasteiger partial charge is 0.393 e. The third-order valence-corrected chi connectivity index (χ3v) is 4.73. The van der Waals surface area contributed by atoms with Crippen LogP contribution in [0.3, 0.4) is 0 Å². The number of nitrogens with one attached hydrogen (secondary N) is 1. The van der Waals surface area contributed by atoms with E-state index in [1.54, 1.807) is 24.3 Å². The van der Waals surface area contributed by atoms with Gasteiger partial charge in [0.1, 0.15) is 0 Å². The van der Waals surface area contributed by atoms with Crippen LogP contribution in [0.15, 0.2) is 28.7 Å². The van der Waals surface area contributed by atoms with Crippen LogP contribution in [0.2, 0.25) is 0 Å². The maximum atomic E-state index is 12.9. The van der Waals surface area contributed by atoms with E-state index in [2.05, 4.69) is 21.2 Å². The van der Waals surface area contributed by atoms with Crippen LogP contribution in [0.25, 0.3) is 0 Å². The third-order valence-electron chi connectivity index (χ3n) is 4.20. The van der Waals surface area contributed by atoms with E-state index in [9.17, 15) is 22.8 Å². The molecule has 5 nitrogen and oxygen atoms in total. The number of benzene rings is 1. The fraction of sp³-hybridized carbons (Fsp3) is 0.500. The van der Waals surface area contributed by atoms with Crippen molar-refractivity contribution >= 4 is 27.9 Å². The van der Waals surface area contributed by atoms with E-state index in [4.69, 9.17) is 5.73 Å². The number of urea groups is 1. The monoisotopic (exact) mass is 421 g/mol. The average Bonchev–Trinajstić information content (AvgIpc) is 2.54. The maximum absolute atomic E-state index is 12.9. The van der Waals surface area contributed by atoms with E-state index in [0.29, 0.717) is 12.0 Å². The first-order chi connectivity index (χ1) is 11.7. The van der Waals surface area contributed by atoms with Crippen LogP contribution in [-0.4, -0.2) is 36.1 Å². The van der Waals surface area contributed by atoms with Gasteiger partial charge in [0, 0.05) is 17.6 Å². The lowest BCUT2D eigenvalue weighted by atomic mass is 9.96. The van der Waals surface area contributed by atoms with E-state index in [1.165, 1.54) is 4.90 Å². The van der Waals surface area contributed by atoms with E-state index < -0.39 is 30.1 Å². The highest BCUT2D eigenvalue weighted by Crippen LogP contribution is 2.33. The number of nitrogens with zero attached hydrogens (tertiary/aromatic N) is 1. The minimum Gasteiger partial charge on any atom is -0.352 e. The number of hydrogen-bond acceptors (Lipinski definition) is 2. The number of hydrogen-bond donors (Lipinski definition) is 2. The highest BCUT2D eigenvalue weighted by atomic mass is 79.9. The van der Waals surface area contributed by atoms with Crippen molar-refractivity contribution in [2.24, 2.45) is 11.7 Å². The Morgan fingerprint density at radius 1 is 1.32 bits per heavy atom. The Morgan fingerprint density at radius 2 is 1.96 bits per heavy atom. The van der Waals surface area contributed by atoms with Crippen LogP contribution in [0.1, 0.15) is 30.9 Å². The molecule has 1 heterocycles. The van der Waals surface area contributed by atoms with Crippen LogP contribution in [0.4, 0.5) is 18.0 Å². The minimum atomic E-state index is -4.31. The molecule has 2 atom stereocenters. The summed E-state index contributed by atoms with van der Waals surface area (Å²) in [5.41, 5.74) is 5.81. The minimum absolute atomic E-state index is 0.0307. The number of rotatable bonds is 4. The molecule has 1 fully saturated rings. The highest BCUT2D eigenvalue weighted by molar-refractivity contribution is 9.10. The van der Waals surface area contributed by atoms with Gasteiger partial charge in [-0.15, -0.1) is 0 Å². The summed E-state index contributed by atoms with van der Waals surface area (Å²) in [6.45, 7) is -0.0546. The van der Waals surface area contributed by atoms with Gasteiger partial charge < -0.3 is 16.0 Å². The Bertz CT molecular complexity index is 622. The molecule has 0 saturated carbocycles. The summed E-state index contributed by atoms with van der Waals surface area (Å²) in [7, 11) is 0. The molecule has 0 spiro atoms. The van der Waals surface area contributed by atoms with Gasteiger partial charge in [-0.05, 0) is 30.5 Å². The lowest BCUT2D eigenvalue weighted by Crippen LogP contribution is -2.46. The zero-order valence-electron chi connectivity index (χ0n) is 13.4. The number of piperidine rings is 1. The Morgan fingerprint density at radius 3 is 2.52 bits per heavy atom. The molecule has 138 valence electrons. The highest BCUT2D eigenvalue weighted by Gasteiger charge is 2.42. The topological polar surface area (TPSA) is 75.4 Å². The molecule has 1 aromatic rings. The Balaban J connectivity index is 2.08. The number of alkyl halides is 3. The van der Waals surface area contributed by atoms with E-state index in [1.807, 2.05) is 0 Å². The molecule has 1 aromatic carbocycles. The number of primary amides is 1.